The van der Waals surface area contributed by atoms with Gasteiger partial charge in [-0.2, -0.15) is 0 Å². The second kappa shape index (κ2) is 10.2. The number of ether oxygens (including phenoxy) is 1. The molecule has 3 aromatic heterocycles. The summed E-state index contributed by atoms with van der Waals surface area (Å²) in [5.74, 6) is 1.17. The number of hydrogen-bond acceptors (Lipinski definition) is 7. The van der Waals surface area contributed by atoms with Crippen LogP contribution in [0.3, 0.4) is 0 Å². The van der Waals surface area contributed by atoms with Crippen LogP contribution in [0.2, 0.25) is 0 Å². The van der Waals surface area contributed by atoms with Crippen LogP contribution in [0.25, 0.3) is 22.6 Å². The van der Waals surface area contributed by atoms with Gasteiger partial charge in [0, 0.05) is 31.4 Å². The summed E-state index contributed by atoms with van der Waals surface area (Å²) in [4.78, 5) is 37.6. The molecule has 0 amide bonds. The van der Waals surface area contributed by atoms with Crippen LogP contribution in [0, 0.1) is 0 Å². The van der Waals surface area contributed by atoms with Gasteiger partial charge in [-0.1, -0.05) is 13.8 Å². The number of pyridine rings is 1. The van der Waals surface area contributed by atoms with Gasteiger partial charge in [0.2, 0.25) is 0 Å². The van der Waals surface area contributed by atoms with E-state index < -0.39 is 0 Å². The fourth-order valence-electron chi connectivity index (χ4n) is 3.21. The molecule has 0 radical (unpaired) electrons. The monoisotopic (exact) mass is 416 g/mol. The summed E-state index contributed by atoms with van der Waals surface area (Å²) in [5, 5.41) is 11.8. The number of imidazole rings is 1. The number of aryl methyl sites for hydroxylation is 1. The van der Waals surface area contributed by atoms with Gasteiger partial charge in [0.05, 0.1) is 19.8 Å². The minimum absolute atomic E-state index is 0.0000589. The fourth-order valence-corrected chi connectivity index (χ4v) is 3.21. The molecule has 3 heterocycles. The van der Waals surface area contributed by atoms with Crippen LogP contribution in [0.4, 0.5) is 5.82 Å². The second-order valence-electron chi connectivity index (χ2n) is 6.87. The molecular weight excluding hydrogens is 388 g/mol. The fraction of sp³-hybridized carbons (Fsp3) is 0.500. The molecule has 0 aliphatic carbocycles. The van der Waals surface area contributed by atoms with Gasteiger partial charge in [-0.25, -0.2) is 14.8 Å². The van der Waals surface area contributed by atoms with Crippen molar-refractivity contribution in [2.45, 2.75) is 39.8 Å². The first-order valence-corrected chi connectivity index (χ1v) is 10.2. The molecular formula is C20H28N6O4. The molecule has 0 spiro atoms. The van der Waals surface area contributed by atoms with E-state index >= 15 is 0 Å². The van der Waals surface area contributed by atoms with Crippen LogP contribution in [-0.2, 0) is 17.8 Å². The zero-order valence-electron chi connectivity index (χ0n) is 17.3. The number of aliphatic hydroxyl groups is 1. The molecule has 0 fully saturated rings. The van der Waals surface area contributed by atoms with Gasteiger partial charge in [0.1, 0.15) is 17.2 Å². The zero-order valence-corrected chi connectivity index (χ0v) is 17.3. The van der Waals surface area contributed by atoms with Gasteiger partial charge >= 0.3 is 5.69 Å². The smallest absolute Gasteiger partial charge is 0.332 e. The third-order valence-electron chi connectivity index (χ3n) is 4.58. The highest BCUT2D eigenvalue weighted by molar-refractivity contribution is 5.75. The molecule has 3 rings (SSSR count). The number of aromatic nitrogens is 5. The van der Waals surface area contributed by atoms with Crippen LogP contribution in [0.5, 0.6) is 0 Å². The largest absolute Gasteiger partial charge is 0.394 e. The van der Waals surface area contributed by atoms with Gasteiger partial charge in [-0.05, 0) is 25.0 Å². The lowest BCUT2D eigenvalue weighted by Gasteiger charge is -2.09. The van der Waals surface area contributed by atoms with Crippen molar-refractivity contribution in [1.29, 1.82) is 0 Å². The Morgan fingerprint density at radius 2 is 1.90 bits per heavy atom. The van der Waals surface area contributed by atoms with E-state index in [0.717, 1.165) is 6.42 Å². The van der Waals surface area contributed by atoms with Crippen LogP contribution in [-0.4, -0.2) is 55.6 Å². The van der Waals surface area contributed by atoms with E-state index in [1.54, 1.807) is 10.8 Å². The van der Waals surface area contributed by atoms with Crippen LogP contribution < -0.4 is 16.6 Å². The molecule has 0 aromatic carbocycles. The number of aliphatic hydroxyl groups excluding tert-OH is 1. The third-order valence-corrected chi connectivity index (χ3v) is 4.58. The molecule has 162 valence electrons. The van der Waals surface area contributed by atoms with Crippen LogP contribution in [0.1, 0.15) is 26.7 Å². The second-order valence-corrected chi connectivity index (χ2v) is 6.87. The van der Waals surface area contributed by atoms with Gasteiger partial charge in [0.15, 0.2) is 5.65 Å². The number of aromatic amines is 1. The summed E-state index contributed by atoms with van der Waals surface area (Å²) in [6, 6.07) is 3.65. The number of fused-ring (bicyclic) bond motifs is 1. The van der Waals surface area contributed by atoms with E-state index in [0.29, 0.717) is 67.6 Å². The first-order chi connectivity index (χ1) is 14.6. The summed E-state index contributed by atoms with van der Waals surface area (Å²) < 4.78 is 8.02. The van der Waals surface area contributed by atoms with Crippen molar-refractivity contribution in [2.75, 3.05) is 31.7 Å². The van der Waals surface area contributed by atoms with E-state index in [2.05, 4.69) is 20.3 Å². The lowest BCUT2D eigenvalue weighted by Crippen LogP contribution is -2.40. The summed E-state index contributed by atoms with van der Waals surface area (Å²) in [7, 11) is 0. The predicted octanol–water partition coefficient (Wildman–Crippen LogP) is 1.19. The maximum absolute atomic E-state index is 12.8. The summed E-state index contributed by atoms with van der Waals surface area (Å²) >= 11 is 0. The molecule has 0 aliphatic rings. The van der Waals surface area contributed by atoms with Gasteiger partial charge in [-0.3, -0.25) is 13.9 Å². The molecule has 0 saturated carbocycles. The maximum Gasteiger partial charge on any atom is 0.332 e. The first-order valence-electron chi connectivity index (χ1n) is 10.2. The Morgan fingerprint density at radius 3 is 2.57 bits per heavy atom. The maximum atomic E-state index is 12.8. The minimum Gasteiger partial charge on any atom is -0.394 e. The predicted molar refractivity (Wildman–Crippen MR) is 115 cm³/mol. The SMILES string of the molecule is CCCn1c(=O)c2[nH]c(-c3ccc(NCCOCCO)nc3)nc2n(CCC)c1=O. The Bertz CT molecular complexity index is 1080. The molecule has 10 heteroatoms. The summed E-state index contributed by atoms with van der Waals surface area (Å²) in [6.07, 6.45) is 3.10. The Balaban J connectivity index is 1.90. The molecule has 3 N–H and O–H groups in total. The number of anilines is 1. The van der Waals surface area contributed by atoms with E-state index in [1.807, 2.05) is 26.0 Å². The van der Waals surface area contributed by atoms with Crippen molar-refractivity contribution >= 4 is 17.0 Å². The first kappa shape index (κ1) is 21.7. The molecule has 0 saturated heterocycles. The molecule has 0 atom stereocenters. The quantitative estimate of drug-likeness (QED) is 0.401. The third kappa shape index (κ3) is 4.60. The summed E-state index contributed by atoms with van der Waals surface area (Å²) in [5.41, 5.74) is 0.741. The van der Waals surface area contributed by atoms with Crippen molar-refractivity contribution in [1.82, 2.24) is 24.1 Å². The molecule has 0 bridgehead atoms. The highest BCUT2D eigenvalue weighted by atomic mass is 16.5. The number of H-pyrrole nitrogens is 1. The molecule has 0 aliphatic heterocycles. The van der Waals surface area contributed by atoms with Gasteiger partial charge in [0.25, 0.3) is 5.56 Å². The Kier molecular flexibility index (Phi) is 7.36. The lowest BCUT2D eigenvalue weighted by molar-refractivity contribution is 0.0992. The zero-order chi connectivity index (χ0) is 21.5. The topological polar surface area (TPSA) is 127 Å². The van der Waals surface area contributed by atoms with Crippen molar-refractivity contribution in [3.05, 3.63) is 39.2 Å². The van der Waals surface area contributed by atoms with Crippen molar-refractivity contribution < 1.29 is 9.84 Å². The summed E-state index contributed by atoms with van der Waals surface area (Å²) in [6.45, 7) is 6.11. The average Bonchev–Trinajstić information content (AvgIpc) is 3.20. The Morgan fingerprint density at radius 1 is 1.13 bits per heavy atom. The van der Waals surface area contributed by atoms with E-state index in [-0.39, 0.29) is 17.9 Å². The lowest BCUT2D eigenvalue weighted by atomic mass is 10.2. The Labute approximate surface area is 173 Å². The molecule has 0 unspecified atom stereocenters. The van der Waals surface area contributed by atoms with Crippen molar-refractivity contribution in [3.8, 4) is 11.4 Å². The van der Waals surface area contributed by atoms with E-state index in [1.165, 1.54) is 4.57 Å². The molecule has 3 aromatic rings. The number of hydrogen-bond donors (Lipinski definition) is 3. The molecule has 30 heavy (non-hydrogen) atoms. The van der Waals surface area contributed by atoms with Crippen molar-refractivity contribution in [3.63, 3.8) is 0 Å². The number of rotatable bonds is 11. The van der Waals surface area contributed by atoms with E-state index in [9.17, 15) is 9.59 Å². The highest BCUT2D eigenvalue weighted by Gasteiger charge is 2.17. The normalized spacial score (nSPS) is 11.3. The van der Waals surface area contributed by atoms with Gasteiger partial charge < -0.3 is 20.1 Å². The molecule has 10 nitrogen and oxygen atoms in total. The number of nitrogens with zero attached hydrogens (tertiary/aromatic N) is 4. The standard InChI is InChI=1S/C20H28N6O4/c1-3-8-25-18-16(19(28)26(9-4-2)20(25)29)23-17(24-18)14-5-6-15(22-13-14)21-7-11-30-12-10-27/h5-6,13,27H,3-4,7-12H2,1-2H3,(H,21,22)(H,23,24). The van der Waals surface area contributed by atoms with E-state index in [4.69, 9.17) is 9.84 Å². The van der Waals surface area contributed by atoms with Gasteiger partial charge in [-0.15, -0.1) is 0 Å². The minimum atomic E-state index is -0.350. The number of nitrogens with one attached hydrogen (secondary N) is 2. The highest BCUT2D eigenvalue weighted by Crippen LogP contribution is 2.19. The average molecular weight is 416 g/mol. The van der Waals surface area contributed by atoms with Crippen LogP contribution >= 0.6 is 0 Å². The van der Waals surface area contributed by atoms with Crippen molar-refractivity contribution in [2.24, 2.45) is 0 Å². The Hall–Kier alpha value is -2.98. The van der Waals surface area contributed by atoms with Crippen LogP contribution in [0.15, 0.2) is 27.9 Å².